The second-order valence-electron chi connectivity index (χ2n) is 7.91. The molecule has 0 bridgehead atoms. The summed E-state index contributed by atoms with van der Waals surface area (Å²) in [5, 5.41) is 3.22. The lowest BCUT2D eigenvalue weighted by molar-refractivity contribution is 0.102. The quantitative estimate of drug-likeness (QED) is 0.456. The van der Waals surface area contributed by atoms with Crippen molar-refractivity contribution in [3.05, 3.63) is 94.3 Å². The molecular weight excluding hydrogens is 459 g/mol. The van der Waals surface area contributed by atoms with Gasteiger partial charge in [-0.2, -0.15) is 0 Å². The Balaban J connectivity index is 1.31. The third kappa shape index (κ3) is 4.15. The van der Waals surface area contributed by atoms with E-state index < -0.39 is 15.8 Å². The molecule has 3 aromatic carbocycles. The van der Waals surface area contributed by atoms with Crippen LogP contribution in [0.3, 0.4) is 0 Å². The number of nitrogens with zero attached hydrogens (tertiary/aromatic N) is 2. The topological polar surface area (TPSA) is 110 Å². The maximum atomic E-state index is 13.1. The number of fused-ring (bicyclic) bond motifs is 2. The van der Waals surface area contributed by atoms with E-state index in [0.717, 1.165) is 30.8 Å². The van der Waals surface area contributed by atoms with Gasteiger partial charge in [-0.3, -0.25) is 18.9 Å². The van der Waals surface area contributed by atoms with Crippen molar-refractivity contribution in [2.24, 2.45) is 0 Å². The van der Waals surface area contributed by atoms with Crippen LogP contribution in [0.2, 0.25) is 0 Å². The zero-order valence-electron chi connectivity index (χ0n) is 17.8. The maximum absolute atomic E-state index is 13.1. The number of nitrogens with one attached hydrogen (secondary N) is 2. The summed E-state index contributed by atoms with van der Waals surface area (Å²) in [5.74, 6) is -0.185. The van der Waals surface area contributed by atoms with E-state index in [4.69, 9.17) is 0 Å². The lowest BCUT2D eigenvalue weighted by Gasteiger charge is -2.10. The van der Waals surface area contributed by atoms with Crippen LogP contribution in [0.4, 0.5) is 15.8 Å². The molecule has 1 aliphatic heterocycles. The smallest absolute Gasteiger partial charge is 0.261 e. The number of hydrogen-bond donors (Lipinski definition) is 2. The van der Waals surface area contributed by atoms with E-state index in [2.05, 4.69) is 15.0 Å². The molecule has 0 atom stereocenters. The van der Waals surface area contributed by atoms with E-state index in [1.54, 1.807) is 34.9 Å². The minimum Gasteiger partial charge on any atom is -0.322 e. The molecule has 10 heteroatoms. The first-order valence-corrected chi connectivity index (χ1v) is 12.0. The normalized spacial score (nSPS) is 13.0. The Hall–Kier alpha value is -4.05. The van der Waals surface area contributed by atoms with Crippen LogP contribution in [-0.4, -0.2) is 23.9 Å². The SMILES string of the molecule is O=C(Nc1ccc(NS(=O)(=O)c2ccc(F)cc2)cc1)c1ccc2c(=O)n3c(nc2c1)CCC3. The molecule has 4 aromatic rings. The predicted octanol–water partition coefficient (Wildman–Crippen LogP) is 3.53. The summed E-state index contributed by atoms with van der Waals surface area (Å²) in [4.78, 5) is 29.8. The number of amides is 1. The number of halogens is 1. The van der Waals surface area contributed by atoms with E-state index >= 15 is 0 Å². The first kappa shape index (κ1) is 21.8. The third-order valence-electron chi connectivity index (χ3n) is 5.60. The Labute approximate surface area is 194 Å². The monoisotopic (exact) mass is 478 g/mol. The van der Waals surface area contributed by atoms with Crippen LogP contribution >= 0.6 is 0 Å². The molecular formula is C24H19FN4O4S. The van der Waals surface area contributed by atoms with Gasteiger partial charge in [0.05, 0.1) is 15.8 Å². The Morgan fingerprint density at radius 3 is 2.41 bits per heavy atom. The van der Waals surface area contributed by atoms with Crippen molar-refractivity contribution in [1.29, 1.82) is 0 Å². The van der Waals surface area contributed by atoms with Crippen LogP contribution < -0.4 is 15.6 Å². The number of aromatic nitrogens is 2. The summed E-state index contributed by atoms with van der Waals surface area (Å²) >= 11 is 0. The lowest BCUT2D eigenvalue weighted by Crippen LogP contribution is -2.21. The minimum atomic E-state index is -3.88. The number of carbonyl (C=O) groups is 1. The van der Waals surface area contributed by atoms with Crippen LogP contribution in [0.1, 0.15) is 22.6 Å². The van der Waals surface area contributed by atoms with Crippen molar-refractivity contribution in [3.63, 3.8) is 0 Å². The zero-order valence-corrected chi connectivity index (χ0v) is 18.6. The predicted molar refractivity (Wildman–Crippen MR) is 126 cm³/mol. The highest BCUT2D eigenvalue weighted by atomic mass is 32.2. The molecule has 8 nitrogen and oxygen atoms in total. The number of anilines is 2. The Kier molecular flexibility index (Phi) is 5.37. The van der Waals surface area contributed by atoms with Gasteiger partial charge in [0.15, 0.2) is 0 Å². The molecule has 2 heterocycles. The Morgan fingerprint density at radius 1 is 0.971 bits per heavy atom. The summed E-state index contributed by atoms with van der Waals surface area (Å²) in [6.45, 7) is 0.662. The van der Waals surface area contributed by atoms with Gasteiger partial charge in [-0.05, 0) is 73.2 Å². The molecule has 172 valence electrons. The van der Waals surface area contributed by atoms with Crippen molar-refractivity contribution in [2.45, 2.75) is 24.3 Å². The van der Waals surface area contributed by atoms with Crippen molar-refractivity contribution in [1.82, 2.24) is 9.55 Å². The molecule has 0 radical (unpaired) electrons. The molecule has 0 saturated carbocycles. The first-order valence-electron chi connectivity index (χ1n) is 10.5. The Bertz CT molecular complexity index is 1580. The van der Waals surface area contributed by atoms with Gasteiger partial charge in [-0.1, -0.05) is 0 Å². The summed E-state index contributed by atoms with van der Waals surface area (Å²) in [6, 6.07) is 15.4. The van der Waals surface area contributed by atoms with E-state index in [1.165, 1.54) is 24.3 Å². The number of sulfonamides is 1. The molecule has 1 amide bonds. The fraction of sp³-hybridized carbons (Fsp3) is 0.125. The molecule has 0 saturated heterocycles. The molecule has 34 heavy (non-hydrogen) atoms. The number of aryl methyl sites for hydroxylation is 1. The maximum Gasteiger partial charge on any atom is 0.261 e. The van der Waals surface area contributed by atoms with Gasteiger partial charge < -0.3 is 5.32 Å². The number of carbonyl (C=O) groups excluding carboxylic acids is 1. The molecule has 0 aliphatic carbocycles. The first-order chi connectivity index (χ1) is 16.3. The van der Waals surface area contributed by atoms with Crippen LogP contribution in [0.15, 0.2) is 76.4 Å². The van der Waals surface area contributed by atoms with Gasteiger partial charge in [0.1, 0.15) is 11.6 Å². The summed E-state index contributed by atoms with van der Waals surface area (Å²) in [6.07, 6.45) is 1.61. The van der Waals surface area contributed by atoms with Crippen molar-refractivity contribution in [2.75, 3.05) is 10.0 Å². The number of benzene rings is 3. The second kappa shape index (κ2) is 8.38. The number of rotatable bonds is 5. The van der Waals surface area contributed by atoms with Crippen molar-refractivity contribution < 1.29 is 17.6 Å². The van der Waals surface area contributed by atoms with E-state index in [0.29, 0.717) is 28.7 Å². The van der Waals surface area contributed by atoms with Crippen molar-refractivity contribution in [3.8, 4) is 0 Å². The zero-order chi connectivity index (χ0) is 23.9. The minimum absolute atomic E-state index is 0.0681. The van der Waals surface area contributed by atoms with Crippen LogP contribution in [-0.2, 0) is 23.0 Å². The summed E-state index contributed by atoms with van der Waals surface area (Å²) < 4.78 is 42.0. The largest absolute Gasteiger partial charge is 0.322 e. The van der Waals surface area contributed by atoms with Gasteiger partial charge >= 0.3 is 0 Å². The highest BCUT2D eigenvalue weighted by Crippen LogP contribution is 2.20. The molecule has 1 aromatic heterocycles. The third-order valence-corrected chi connectivity index (χ3v) is 6.99. The van der Waals surface area contributed by atoms with Crippen LogP contribution in [0.25, 0.3) is 10.9 Å². The summed E-state index contributed by atoms with van der Waals surface area (Å²) in [5.41, 5.74) is 1.48. The fourth-order valence-corrected chi connectivity index (χ4v) is 4.94. The molecule has 5 rings (SSSR count). The van der Waals surface area contributed by atoms with Crippen molar-refractivity contribution >= 4 is 38.2 Å². The van der Waals surface area contributed by atoms with Gasteiger partial charge in [0, 0.05) is 29.9 Å². The van der Waals surface area contributed by atoms with Crippen LogP contribution in [0.5, 0.6) is 0 Å². The molecule has 2 N–H and O–H groups in total. The second-order valence-corrected chi connectivity index (χ2v) is 9.59. The fourth-order valence-electron chi connectivity index (χ4n) is 3.88. The number of hydrogen-bond acceptors (Lipinski definition) is 5. The molecule has 1 aliphatic rings. The van der Waals surface area contributed by atoms with Crippen LogP contribution in [0, 0.1) is 5.82 Å². The average molecular weight is 479 g/mol. The highest BCUT2D eigenvalue weighted by Gasteiger charge is 2.18. The van der Waals surface area contributed by atoms with Gasteiger partial charge in [0.2, 0.25) is 0 Å². The molecule has 0 unspecified atom stereocenters. The molecule has 0 spiro atoms. The lowest BCUT2D eigenvalue weighted by atomic mass is 10.1. The van der Waals surface area contributed by atoms with E-state index in [1.807, 2.05) is 0 Å². The standard InChI is InChI=1S/C24H19FN4O4S/c25-16-4-10-19(11-5-16)34(32,33)28-18-8-6-17(7-9-18)26-23(30)15-3-12-20-21(14-15)27-22-2-1-13-29(22)24(20)31/h3-12,14,28H,1-2,13H2,(H,26,30). The summed E-state index contributed by atoms with van der Waals surface area (Å²) in [7, 11) is -3.88. The van der Waals surface area contributed by atoms with E-state index in [-0.39, 0.29) is 22.0 Å². The van der Waals surface area contributed by atoms with Gasteiger partial charge in [-0.15, -0.1) is 0 Å². The van der Waals surface area contributed by atoms with Gasteiger partial charge in [-0.25, -0.2) is 17.8 Å². The Morgan fingerprint density at radius 2 is 1.68 bits per heavy atom. The molecule has 0 fully saturated rings. The van der Waals surface area contributed by atoms with Gasteiger partial charge in [0.25, 0.3) is 21.5 Å². The van der Waals surface area contributed by atoms with E-state index in [9.17, 15) is 22.4 Å². The average Bonchev–Trinajstić information content (AvgIpc) is 3.29. The highest BCUT2D eigenvalue weighted by molar-refractivity contribution is 7.92.